The molecule has 22 heavy (non-hydrogen) atoms. The predicted molar refractivity (Wildman–Crippen MR) is 79.7 cm³/mol. The van der Waals surface area contributed by atoms with Crippen LogP contribution in [0, 0.1) is 0 Å². The van der Waals surface area contributed by atoms with E-state index in [1.807, 2.05) is 18.2 Å². The zero-order chi connectivity index (χ0) is 15.5. The number of ether oxygens (including phenoxy) is 2. The van der Waals surface area contributed by atoms with Crippen molar-refractivity contribution < 1.29 is 19.1 Å². The van der Waals surface area contributed by atoms with Crippen LogP contribution in [-0.4, -0.2) is 43.1 Å². The van der Waals surface area contributed by atoms with Crippen LogP contribution in [0.1, 0.15) is 24.8 Å². The van der Waals surface area contributed by atoms with Gasteiger partial charge < -0.3 is 19.7 Å². The van der Waals surface area contributed by atoms with Crippen LogP contribution < -0.4 is 14.8 Å². The van der Waals surface area contributed by atoms with Gasteiger partial charge in [-0.3, -0.25) is 9.59 Å². The highest BCUT2D eigenvalue weighted by Gasteiger charge is 2.33. The van der Waals surface area contributed by atoms with E-state index in [0.717, 1.165) is 29.9 Å². The van der Waals surface area contributed by atoms with E-state index in [4.69, 9.17) is 9.47 Å². The Morgan fingerprint density at radius 1 is 1.36 bits per heavy atom. The summed E-state index contributed by atoms with van der Waals surface area (Å²) in [5.74, 6) is 1.40. The van der Waals surface area contributed by atoms with Gasteiger partial charge in [0.15, 0.2) is 11.5 Å². The second kappa shape index (κ2) is 6.25. The van der Waals surface area contributed by atoms with Crippen LogP contribution in [0.3, 0.4) is 0 Å². The number of carbonyl (C=O) groups excluding carboxylic acids is 2. The van der Waals surface area contributed by atoms with Crippen molar-refractivity contribution >= 4 is 11.8 Å². The van der Waals surface area contributed by atoms with Crippen molar-refractivity contribution in [2.45, 2.75) is 31.7 Å². The Balaban J connectivity index is 1.63. The monoisotopic (exact) mass is 304 g/mol. The van der Waals surface area contributed by atoms with Gasteiger partial charge in [0.05, 0.1) is 0 Å². The van der Waals surface area contributed by atoms with E-state index in [1.54, 1.807) is 11.9 Å². The normalized spacial score (nSPS) is 19.3. The van der Waals surface area contributed by atoms with Gasteiger partial charge in [-0.05, 0) is 30.9 Å². The Kier molecular flexibility index (Phi) is 4.18. The zero-order valence-corrected chi connectivity index (χ0v) is 12.6. The predicted octanol–water partition coefficient (Wildman–Crippen LogP) is 1.08. The number of fused-ring (bicyclic) bond motifs is 1. The second-order valence-corrected chi connectivity index (χ2v) is 5.51. The van der Waals surface area contributed by atoms with Crippen molar-refractivity contribution in [3.8, 4) is 11.5 Å². The van der Waals surface area contributed by atoms with Crippen molar-refractivity contribution in [2.75, 3.05) is 20.4 Å². The molecule has 0 aromatic heterocycles. The Hall–Kier alpha value is -2.24. The van der Waals surface area contributed by atoms with E-state index in [-0.39, 0.29) is 24.6 Å². The fraction of sp³-hybridized carbons (Fsp3) is 0.500. The van der Waals surface area contributed by atoms with Crippen LogP contribution >= 0.6 is 0 Å². The SMILES string of the molecule is CNC(=O)C1CCCN1C(=O)CCc1cccc2c1OCO2. The number of nitrogens with one attached hydrogen (secondary N) is 1. The molecular weight excluding hydrogens is 284 g/mol. The van der Waals surface area contributed by atoms with Gasteiger partial charge in [0.25, 0.3) is 0 Å². The van der Waals surface area contributed by atoms with Gasteiger partial charge in [-0.2, -0.15) is 0 Å². The lowest BCUT2D eigenvalue weighted by atomic mass is 10.1. The largest absolute Gasteiger partial charge is 0.454 e. The fourth-order valence-corrected chi connectivity index (χ4v) is 3.08. The summed E-state index contributed by atoms with van der Waals surface area (Å²) in [7, 11) is 1.61. The van der Waals surface area contributed by atoms with Crippen LogP contribution in [0.4, 0.5) is 0 Å². The van der Waals surface area contributed by atoms with Crippen LogP contribution in [0.15, 0.2) is 18.2 Å². The summed E-state index contributed by atoms with van der Waals surface area (Å²) in [5, 5.41) is 2.63. The van der Waals surface area contributed by atoms with Gasteiger partial charge in [-0.1, -0.05) is 12.1 Å². The molecule has 1 fully saturated rings. The maximum absolute atomic E-state index is 12.4. The van der Waals surface area contributed by atoms with Crippen molar-refractivity contribution in [3.05, 3.63) is 23.8 Å². The number of rotatable bonds is 4. The summed E-state index contributed by atoms with van der Waals surface area (Å²) in [5.41, 5.74) is 0.971. The molecule has 0 saturated carbocycles. The molecule has 0 radical (unpaired) electrons. The number of nitrogens with zero attached hydrogens (tertiary/aromatic N) is 1. The topological polar surface area (TPSA) is 67.9 Å². The molecule has 2 amide bonds. The van der Waals surface area contributed by atoms with Gasteiger partial charge in [0.2, 0.25) is 18.6 Å². The standard InChI is InChI=1S/C16H20N2O4/c1-17-16(20)12-5-3-9-18(12)14(19)8-7-11-4-2-6-13-15(11)22-10-21-13/h2,4,6,12H,3,5,7-10H2,1H3,(H,17,20). The first-order chi connectivity index (χ1) is 10.7. The summed E-state index contributed by atoms with van der Waals surface area (Å²) in [4.78, 5) is 25.9. The number of hydrogen-bond donors (Lipinski definition) is 1. The van der Waals surface area contributed by atoms with Crippen molar-refractivity contribution in [2.24, 2.45) is 0 Å². The number of carbonyl (C=O) groups is 2. The number of likely N-dealkylation sites (N-methyl/N-ethyl adjacent to an activating group) is 1. The van der Waals surface area contributed by atoms with Gasteiger partial charge >= 0.3 is 0 Å². The quantitative estimate of drug-likeness (QED) is 0.904. The highest BCUT2D eigenvalue weighted by Crippen LogP contribution is 2.36. The molecule has 6 nitrogen and oxygen atoms in total. The van der Waals surface area contributed by atoms with Crippen molar-refractivity contribution in [1.29, 1.82) is 0 Å². The average Bonchev–Trinajstić information content (AvgIpc) is 3.20. The van der Waals surface area contributed by atoms with E-state index in [9.17, 15) is 9.59 Å². The number of amides is 2. The smallest absolute Gasteiger partial charge is 0.242 e. The molecule has 1 atom stereocenters. The molecule has 1 N–H and O–H groups in total. The third kappa shape index (κ3) is 2.73. The first-order valence-corrected chi connectivity index (χ1v) is 7.59. The number of likely N-dealkylation sites (tertiary alicyclic amines) is 1. The molecule has 118 valence electrons. The first kappa shape index (κ1) is 14.7. The second-order valence-electron chi connectivity index (χ2n) is 5.51. The Labute approximate surface area is 129 Å². The lowest BCUT2D eigenvalue weighted by molar-refractivity contribution is -0.138. The minimum atomic E-state index is -0.321. The summed E-state index contributed by atoms with van der Waals surface area (Å²) >= 11 is 0. The maximum atomic E-state index is 12.4. The molecule has 0 aliphatic carbocycles. The highest BCUT2D eigenvalue weighted by molar-refractivity contribution is 5.88. The lowest BCUT2D eigenvalue weighted by Crippen LogP contribution is -2.44. The molecule has 1 aromatic rings. The molecule has 3 rings (SSSR count). The molecule has 0 spiro atoms. The number of hydrogen-bond acceptors (Lipinski definition) is 4. The number of aryl methyl sites for hydroxylation is 1. The third-order valence-corrected chi connectivity index (χ3v) is 4.21. The van der Waals surface area contributed by atoms with Crippen LogP contribution in [0.2, 0.25) is 0 Å². The Morgan fingerprint density at radius 3 is 3.05 bits per heavy atom. The van der Waals surface area contributed by atoms with E-state index in [0.29, 0.717) is 19.4 Å². The van der Waals surface area contributed by atoms with Gasteiger partial charge in [0.1, 0.15) is 6.04 Å². The van der Waals surface area contributed by atoms with Gasteiger partial charge in [0, 0.05) is 20.0 Å². The molecule has 1 saturated heterocycles. The lowest BCUT2D eigenvalue weighted by Gasteiger charge is -2.23. The molecule has 2 aliphatic rings. The van der Waals surface area contributed by atoms with Crippen molar-refractivity contribution in [1.82, 2.24) is 10.2 Å². The molecule has 0 bridgehead atoms. The summed E-state index contributed by atoms with van der Waals surface area (Å²) in [6.07, 6.45) is 2.57. The number of para-hydroxylation sites is 1. The summed E-state index contributed by atoms with van der Waals surface area (Å²) in [6.45, 7) is 0.884. The Morgan fingerprint density at radius 2 is 2.23 bits per heavy atom. The first-order valence-electron chi connectivity index (χ1n) is 7.59. The van der Waals surface area contributed by atoms with E-state index in [2.05, 4.69) is 5.32 Å². The van der Waals surface area contributed by atoms with Crippen LogP contribution in [-0.2, 0) is 16.0 Å². The molecular formula is C16H20N2O4. The number of benzene rings is 1. The fourth-order valence-electron chi connectivity index (χ4n) is 3.08. The summed E-state index contributed by atoms with van der Waals surface area (Å²) < 4.78 is 10.8. The van der Waals surface area contributed by atoms with E-state index < -0.39 is 0 Å². The average molecular weight is 304 g/mol. The van der Waals surface area contributed by atoms with Gasteiger partial charge in [-0.25, -0.2) is 0 Å². The van der Waals surface area contributed by atoms with Crippen LogP contribution in [0.25, 0.3) is 0 Å². The molecule has 1 aromatic carbocycles. The Bertz CT molecular complexity index is 588. The molecule has 2 heterocycles. The zero-order valence-electron chi connectivity index (χ0n) is 12.6. The molecule has 2 aliphatic heterocycles. The van der Waals surface area contributed by atoms with Crippen LogP contribution in [0.5, 0.6) is 11.5 Å². The minimum absolute atomic E-state index is 0.0163. The highest BCUT2D eigenvalue weighted by atomic mass is 16.7. The maximum Gasteiger partial charge on any atom is 0.242 e. The molecule has 1 unspecified atom stereocenters. The molecule has 6 heteroatoms. The van der Waals surface area contributed by atoms with E-state index >= 15 is 0 Å². The van der Waals surface area contributed by atoms with E-state index in [1.165, 1.54) is 0 Å². The third-order valence-electron chi connectivity index (χ3n) is 4.21. The minimum Gasteiger partial charge on any atom is -0.454 e. The van der Waals surface area contributed by atoms with Gasteiger partial charge in [-0.15, -0.1) is 0 Å². The summed E-state index contributed by atoms with van der Waals surface area (Å²) in [6, 6.07) is 5.38. The van der Waals surface area contributed by atoms with Crippen molar-refractivity contribution in [3.63, 3.8) is 0 Å².